The molecule has 3 heteroatoms. The van der Waals surface area contributed by atoms with Crippen molar-refractivity contribution in [2.24, 2.45) is 5.92 Å². The predicted molar refractivity (Wildman–Crippen MR) is 85.6 cm³/mol. The zero-order chi connectivity index (χ0) is 14.7. The maximum atomic E-state index is 5.99. The van der Waals surface area contributed by atoms with Crippen LogP contribution in [0.25, 0.3) is 10.8 Å². The van der Waals surface area contributed by atoms with Gasteiger partial charge < -0.3 is 14.8 Å². The van der Waals surface area contributed by atoms with Crippen LogP contribution in [0, 0.1) is 5.92 Å². The van der Waals surface area contributed by atoms with E-state index in [1.807, 2.05) is 13.1 Å². The summed E-state index contributed by atoms with van der Waals surface area (Å²) in [7, 11) is 1.97. The first kappa shape index (κ1) is 14.4. The zero-order valence-corrected chi connectivity index (χ0v) is 12.8. The molecule has 2 aromatic rings. The van der Waals surface area contributed by atoms with Crippen molar-refractivity contribution in [1.82, 2.24) is 5.32 Å². The van der Waals surface area contributed by atoms with Gasteiger partial charge in [-0.2, -0.15) is 0 Å². The second-order valence-corrected chi connectivity index (χ2v) is 5.79. The zero-order valence-electron chi connectivity index (χ0n) is 12.8. The molecule has 1 unspecified atom stereocenters. The smallest absolute Gasteiger partial charge is 0.189 e. The molecule has 21 heavy (non-hydrogen) atoms. The van der Waals surface area contributed by atoms with E-state index >= 15 is 0 Å². The van der Waals surface area contributed by atoms with E-state index in [0.29, 0.717) is 6.79 Å². The molecule has 1 aliphatic rings. The van der Waals surface area contributed by atoms with Crippen molar-refractivity contribution in [3.05, 3.63) is 42.0 Å². The molecule has 1 fully saturated rings. The van der Waals surface area contributed by atoms with Crippen LogP contribution in [0.5, 0.6) is 5.75 Å². The largest absolute Gasteiger partial charge is 0.467 e. The fraction of sp³-hybridized carbons (Fsp3) is 0.444. The fourth-order valence-corrected chi connectivity index (χ4v) is 2.52. The minimum absolute atomic E-state index is 0.244. The van der Waals surface area contributed by atoms with Crippen molar-refractivity contribution in [2.45, 2.75) is 25.8 Å². The molecule has 0 amide bonds. The van der Waals surface area contributed by atoms with E-state index in [4.69, 9.17) is 9.47 Å². The lowest BCUT2D eigenvalue weighted by molar-refractivity contribution is 0.0101. The van der Waals surface area contributed by atoms with E-state index in [-0.39, 0.29) is 6.04 Å². The predicted octanol–water partition coefficient (Wildman–Crippen LogP) is 3.88. The third kappa shape index (κ3) is 3.36. The molecule has 1 atom stereocenters. The number of nitrogens with one attached hydrogen (secondary N) is 1. The van der Waals surface area contributed by atoms with Crippen molar-refractivity contribution < 1.29 is 9.47 Å². The highest BCUT2D eigenvalue weighted by atomic mass is 16.7. The second kappa shape index (κ2) is 6.46. The van der Waals surface area contributed by atoms with Crippen LogP contribution < -0.4 is 10.1 Å². The highest BCUT2D eigenvalue weighted by Crippen LogP contribution is 2.34. The standard InChI is InChI=1S/C18H23NO2/c1-13(19-2)16-10-9-15-5-3-4-6-17(15)18(16)21-12-20-11-14-7-8-14/h3-6,9-10,13-14,19H,7-8,11-12H2,1-2H3. The normalized spacial score (nSPS) is 16.1. The summed E-state index contributed by atoms with van der Waals surface area (Å²) < 4.78 is 11.6. The molecular formula is C18H23NO2. The third-order valence-electron chi connectivity index (χ3n) is 4.15. The second-order valence-electron chi connectivity index (χ2n) is 5.79. The van der Waals surface area contributed by atoms with Gasteiger partial charge in [-0.25, -0.2) is 0 Å². The molecule has 0 spiro atoms. The van der Waals surface area contributed by atoms with E-state index in [1.54, 1.807) is 0 Å². The van der Waals surface area contributed by atoms with Crippen LogP contribution in [0.4, 0.5) is 0 Å². The Kier molecular flexibility index (Phi) is 4.42. The van der Waals surface area contributed by atoms with E-state index in [0.717, 1.165) is 23.7 Å². The number of hydrogen-bond acceptors (Lipinski definition) is 3. The molecule has 0 heterocycles. The maximum Gasteiger partial charge on any atom is 0.189 e. The van der Waals surface area contributed by atoms with Crippen LogP contribution >= 0.6 is 0 Å². The van der Waals surface area contributed by atoms with Crippen LogP contribution in [0.3, 0.4) is 0 Å². The Morgan fingerprint density at radius 3 is 2.76 bits per heavy atom. The first-order valence-corrected chi connectivity index (χ1v) is 7.69. The molecular weight excluding hydrogens is 262 g/mol. The first-order valence-electron chi connectivity index (χ1n) is 7.69. The minimum atomic E-state index is 0.244. The van der Waals surface area contributed by atoms with Gasteiger partial charge in [-0.3, -0.25) is 0 Å². The Hall–Kier alpha value is -1.58. The van der Waals surface area contributed by atoms with Crippen molar-refractivity contribution in [2.75, 3.05) is 20.4 Å². The molecule has 0 radical (unpaired) electrons. The molecule has 0 aromatic heterocycles. The molecule has 0 aliphatic heterocycles. The minimum Gasteiger partial charge on any atom is -0.467 e. The van der Waals surface area contributed by atoms with Gasteiger partial charge in [0.05, 0.1) is 6.61 Å². The summed E-state index contributed by atoms with van der Waals surface area (Å²) in [6, 6.07) is 12.9. The summed E-state index contributed by atoms with van der Waals surface area (Å²) in [4.78, 5) is 0. The van der Waals surface area contributed by atoms with E-state index in [1.165, 1.54) is 23.8 Å². The van der Waals surface area contributed by atoms with Gasteiger partial charge in [0.2, 0.25) is 0 Å². The average Bonchev–Trinajstić information content (AvgIpc) is 3.35. The first-order chi connectivity index (χ1) is 10.3. The van der Waals surface area contributed by atoms with Crippen LogP contribution in [0.2, 0.25) is 0 Å². The summed E-state index contributed by atoms with van der Waals surface area (Å²) >= 11 is 0. The Labute approximate surface area is 126 Å². The molecule has 1 saturated carbocycles. The third-order valence-corrected chi connectivity index (χ3v) is 4.15. The Morgan fingerprint density at radius 1 is 1.19 bits per heavy atom. The molecule has 1 aliphatic carbocycles. The quantitative estimate of drug-likeness (QED) is 0.618. The van der Waals surface area contributed by atoms with Crippen LogP contribution in [0.15, 0.2) is 36.4 Å². The van der Waals surface area contributed by atoms with Gasteiger partial charge in [-0.1, -0.05) is 36.4 Å². The van der Waals surface area contributed by atoms with Crippen LogP contribution in [0.1, 0.15) is 31.4 Å². The van der Waals surface area contributed by atoms with Crippen molar-refractivity contribution in [3.63, 3.8) is 0 Å². The lowest BCUT2D eigenvalue weighted by atomic mass is 10.0. The van der Waals surface area contributed by atoms with E-state index in [2.05, 4.69) is 42.6 Å². The van der Waals surface area contributed by atoms with Crippen LogP contribution in [-0.4, -0.2) is 20.4 Å². The summed E-state index contributed by atoms with van der Waals surface area (Å²) in [5.74, 6) is 1.70. The molecule has 0 saturated heterocycles. The number of benzene rings is 2. The molecule has 1 N–H and O–H groups in total. The average molecular weight is 285 g/mol. The van der Waals surface area contributed by atoms with Gasteiger partial charge >= 0.3 is 0 Å². The number of hydrogen-bond donors (Lipinski definition) is 1. The Balaban J connectivity index is 1.83. The van der Waals surface area contributed by atoms with Gasteiger partial charge in [0, 0.05) is 17.0 Å². The van der Waals surface area contributed by atoms with Gasteiger partial charge in [0.1, 0.15) is 5.75 Å². The summed E-state index contributed by atoms with van der Waals surface area (Å²) in [6.45, 7) is 3.29. The molecule has 2 aromatic carbocycles. The molecule has 3 rings (SSSR count). The highest BCUT2D eigenvalue weighted by molar-refractivity contribution is 5.89. The van der Waals surface area contributed by atoms with E-state index < -0.39 is 0 Å². The van der Waals surface area contributed by atoms with Crippen LogP contribution in [-0.2, 0) is 4.74 Å². The maximum absolute atomic E-state index is 5.99. The fourth-order valence-electron chi connectivity index (χ4n) is 2.52. The van der Waals surface area contributed by atoms with Gasteiger partial charge in [-0.15, -0.1) is 0 Å². The van der Waals surface area contributed by atoms with Crippen molar-refractivity contribution in [3.8, 4) is 5.75 Å². The van der Waals surface area contributed by atoms with Gasteiger partial charge in [0.25, 0.3) is 0 Å². The topological polar surface area (TPSA) is 30.5 Å². The highest BCUT2D eigenvalue weighted by Gasteiger charge is 2.21. The SMILES string of the molecule is CNC(C)c1ccc2ccccc2c1OCOCC1CC1. The number of rotatable bonds is 7. The van der Waals surface area contributed by atoms with Gasteiger partial charge in [0.15, 0.2) is 6.79 Å². The van der Waals surface area contributed by atoms with Crippen molar-refractivity contribution >= 4 is 10.8 Å². The lowest BCUT2D eigenvalue weighted by Crippen LogP contribution is -2.15. The lowest BCUT2D eigenvalue weighted by Gasteiger charge is -2.18. The molecule has 112 valence electrons. The van der Waals surface area contributed by atoms with Gasteiger partial charge in [-0.05, 0) is 38.1 Å². The molecule has 0 bridgehead atoms. The molecule has 3 nitrogen and oxygen atoms in total. The summed E-state index contributed by atoms with van der Waals surface area (Å²) in [6.07, 6.45) is 2.60. The monoisotopic (exact) mass is 285 g/mol. The van der Waals surface area contributed by atoms with Crippen molar-refractivity contribution in [1.29, 1.82) is 0 Å². The van der Waals surface area contributed by atoms with E-state index in [9.17, 15) is 0 Å². The Bertz CT molecular complexity index is 607. The summed E-state index contributed by atoms with van der Waals surface area (Å²) in [5.41, 5.74) is 1.17. The summed E-state index contributed by atoms with van der Waals surface area (Å²) in [5, 5.41) is 5.63. The Morgan fingerprint density at radius 2 is 2.00 bits per heavy atom. The number of fused-ring (bicyclic) bond motifs is 1. The number of ether oxygens (including phenoxy) is 2.